The molecule has 0 aliphatic heterocycles. The van der Waals surface area contributed by atoms with E-state index in [1.807, 2.05) is 13.8 Å². The second kappa shape index (κ2) is 7.17. The van der Waals surface area contributed by atoms with Crippen molar-refractivity contribution in [1.82, 2.24) is 4.98 Å². The summed E-state index contributed by atoms with van der Waals surface area (Å²) < 4.78 is 5.06. The summed E-state index contributed by atoms with van der Waals surface area (Å²) in [7, 11) is 0. The molecule has 0 aliphatic carbocycles. The van der Waals surface area contributed by atoms with Crippen molar-refractivity contribution < 1.29 is 14.3 Å². The largest absolute Gasteiger partial charge is 0.462 e. The molecule has 0 fully saturated rings. The van der Waals surface area contributed by atoms with Crippen molar-refractivity contribution in [3.8, 4) is 0 Å². The van der Waals surface area contributed by atoms with Gasteiger partial charge >= 0.3 is 5.97 Å². The molecule has 5 nitrogen and oxygen atoms in total. The molecule has 116 valence electrons. The number of rotatable bonds is 5. The maximum absolute atomic E-state index is 12.2. The molecule has 0 radical (unpaired) electrons. The van der Waals surface area contributed by atoms with Crippen LogP contribution in [0.2, 0.25) is 0 Å². The highest BCUT2D eigenvalue weighted by Crippen LogP contribution is 2.33. The lowest BCUT2D eigenvalue weighted by molar-refractivity contribution is 0.0528. The Bertz CT molecular complexity index is 665. The Morgan fingerprint density at radius 2 is 2.00 bits per heavy atom. The lowest BCUT2D eigenvalue weighted by atomic mass is 10.1. The summed E-state index contributed by atoms with van der Waals surface area (Å²) in [5, 5.41) is 3.31. The van der Waals surface area contributed by atoms with Crippen LogP contribution in [-0.4, -0.2) is 23.5 Å². The Hall–Kier alpha value is -2.21. The zero-order valence-electron chi connectivity index (χ0n) is 12.8. The SMILES string of the molecule is CCOC(=O)c1cc(C(C)C)sc1NC(=O)c1ccncc1. The van der Waals surface area contributed by atoms with Gasteiger partial charge in [-0.05, 0) is 31.0 Å². The van der Waals surface area contributed by atoms with Gasteiger partial charge in [-0.15, -0.1) is 11.3 Å². The van der Waals surface area contributed by atoms with E-state index in [1.165, 1.54) is 11.3 Å². The quantitative estimate of drug-likeness (QED) is 0.854. The van der Waals surface area contributed by atoms with Crippen LogP contribution in [0.1, 0.15) is 52.3 Å². The first kappa shape index (κ1) is 16.2. The molecular weight excluding hydrogens is 300 g/mol. The predicted octanol–water partition coefficient (Wildman–Crippen LogP) is 3.70. The molecule has 0 saturated carbocycles. The first-order valence-electron chi connectivity index (χ1n) is 7.05. The maximum atomic E-state index is 12.2. The number of thiophene rings is 1. The van der Waals surface area contributed by atoms with Crippen molar-refractivity contribution in [2.45, 2.75) is 26.7 Å². The van der Waals surface area contributed by atoms with Crippen molar-refractivity contribution in [3.63, 3.8) is 0 Å². The molecule has 0 aromatic carbocycles. The lowest BCUT2D eigenvalue weighted by Crippen LogP contribution is -2.14. The summed E-state index contributed by atoms with van der Waals surface area (Å²) >= 11 is 1.40. The van der Waals surface area contributed by atoms with Gasteiger partial charge in [-0.2, -0.15) is 0 Å². The number of hydrogen-bond donors (Lipinski definition) is 1. The van der Waals surface area contributed by atoms with Crippen LogP contribution < -0.4 is 5.32 Å². The first-order valence-corrected chi connectivity index (χ1v) is 7.86. The molecule has 6 heteroatoms. The molecule has 0 unspecified atom stereocenters. The third kappa shape index (κ3) is 3.71. The van der Waals surface area contributed by atoms with E-state index in [9.17, 15) is 9.59 Å². The molecule has 22 heavy (non-hydrogen) atoms. The summed E-state index contributed by atoms with van der Waals surface area (Å²) in [5.74, 6) is -0.425. The number of carbonyl (C=O) groups is 2. The first-order chi connectivity index (χ1) is 10.5. The fourth-order valence-corrected chi connectivity index (χ4v) is 2.87. The van der Waals surface area contributed by atoms with Crippen molar-refractivity contribution >= 4 is 28.2 Å². The van der Waals surface area contributed by atoms with Gasteiger partial charge in [0.2, 0.25) is 0 Å². The molecular formula is C16H18N2O3S. The highest BCUT2D eigenvalue weighted by Gasteiger charge is 2.20. The lowest BCUT2D eigenvalue weighted by Gasteiger charge is -2.05. The molecule has 1 amide bonds. The summed E-state index contributed by atoms with van der Waals surface area (Å²) in [6.45, 7) is 6.12. The average molecular weight is 318 g/mol. The Morgan fingerprint density at radius 1 is 1.32 bits per heavy atom. The van der Waals surface area contributed by atoms with Gasteiger partial charge in [-0.25, -0.2) is 4.79 Å². The zero-order valence-corrected chi connectivity index (χ0v) is 13.6. The van der Waals surface area contributed by atoms with Crippen molar-refractivity contribution in [2.75, 3.05) is 11.9 Å². The molecule has 0 atom stereocenters. The normalized spacial score (nSPS) is 10.5. The predicted molar refractivity (Wildman–Crippen MR) is 86.6 cm³/mol. The van der Waals surface area contributed by atoms with Crippen LogP contribution in [-0.2, 0) is 4.74 Å². The minimum Gasteiger partial charge on any atom is -0.462 e. The summed E-state index contributed by atoms with van der Waals surface area (Å²) in [5.41, 5.74) is 0.891. The van der Waals surface area contributed by atoms with Crippen LogP contribution in [0.25, 0.3) is 0 Å². The van der Waals surface area contributed by atoms with E-state index in [4.69, 9.17) is 4.74 Å². The van der Waals surface area contributed by atoms with Crippen LogP contribution in [0.5, 0.6) is 0 Å². The summed E-state index contributed by atoms with van der Waals surface area (Å²) in [6.07, 6.45) is 3.10. The molecule has 0 spiro atoms. The monoisotopic (exact) mass is 318 g/mol. The minimum absolute atomic E-state index is 0.268. The van der Waals surface area contributed by atoms with Gasteiger partial charge in [-0.3, -0.25) is 9.78 Å². The van der Waals surface area contributed by atoms with Crippen molar-refractivity contribution in [1.29, 1.82) is 0 Å². The number of nitrogens with one attached hydrogen (secondary N) is 1. The molecule has 2 rings (SSSR count). The minimum atomic E-state index is -0.421. The number of amides is 1. The highest BCUT2D eigenvalue weighted by atomic mass is 32.1. The number of pyridine rings is 1. The Balaban J connectivity index is 2.29. The van der Waals surface area contributed by atoms with Gasteiger partial charge in [0.1, 0.15) is 5.00 Å². The van der Waals surface area contributed by atoms with Gasteiger partial charge in [0.05, 0.1) is 12.2 Å². The van der Waals surface area contributed by atoms with Gasteiger partial charge in [0, 0.05) is 22.8 Å². The third-order valence-electron chi connectivity index (χ3n) is 2.99. The van der Waals surface area contributed by atoms with Crippen molar-refractivity contribution in [3.05, 3.63) is 46.6 Å². The Morgan fingerprint density at radius 3 is 2.59 bits per heavy atom. The van der Waals surface area contributed by atoms with Gasteiger partial charge < -0.3 is 10.1 Å². The van der Waals surface area contributed by atoms with Crippen molar-refractivity contribution in [2.24, 2.45) is 0 Å². The van der Waals surface area contributed by atoms with Gasteiger partial charge in [0.15, 0.2) is 0 Å². The van der Waals surface area contributed by atoms with E-state index in [1.54, 1.807) is 37.5 Å². The van der Waals surface area contributed by atoms with Crippen LogP contribution in [0.3, 0.4) is 0 Å². The third-order valence-corrected chi connectivity index (χ3v) is 4.34. The van der Waals surface area contributed by atoms with Crippen LogP contribution in [0.4, 0.5) is 5.00 Å². The molecule has 2 aromatic rings. The molecule has 0 aliphatic rings. The number of hydrogen-bond acceptors (Lipinski definition) is 5. The number of ether oxygens (including phenoxy) is 1. The number of nitrogens with zero attached hydrogens (tertiary/aromatic N) is 1. The van der Waals surface area contributed by atoms with E-state index in [2.05, 4.69) is 10.3 Å². The standard InChI is InChI=1S/C16H18N2O3S/c1-4-21-16(20)12-9-13(10(2)3)22-15(12)18-14(19)11-5-7-17-8-6-11/h5-10H,4H2,1-3H3,(H,18,19). The maximum Gasteiger partial charge on any atom is 0.341 e. The summed E-state index contributed by atoms with van der Waals surface area (Å²) in [4.78, 5) is 29.2. The topological polar surface area (TPSA) is 68.3 Å². The fourth-order valence-electron chi connectivity index (χ4n) is 1.83. The Kier molecular flexibility index (Phi) is 5.27. The Labute approximate surface area is 133 Å². The average Bonchev–Trinajstić information content (AvgIpc) is 2.92. The molecule has 2 aromatic heterocycles. The zero-order chi connectivity index (χ0) is 16.1. The number of carbonyl (C=O) groups excluding carboxylic acids is 2. The smallest absolute Gasteiger partial charge is 0.341 e. The molecule has 1 N–H and O–H groups in total. The van der Waals surface area contributed by atoms with Crippen LogP contribution in [0.15, 0.2) is 30.6 Å². The second-order valence-corrected chi connectivity index (χ2v) is 6.04. The number of aromatic nitrogens is 1. The molecule has 0 bridgehead atoms. The van der Waals surface area contributed by atoms with Gasteiger partial charge in [-0.1, -0.05) is 13.8 Å². The molecule has 0 saturated heterocycles. The van der Waals surface area contributed by atoms with Crippen LogP contribution >= 0.6 is 11.3 Å². The number of anilines is 1. The van der Waals surface area contributed by atoms with Gasteiger partial charge in [0.25, 0.3) is 5.91 Å². The van der Waals surface area contributed by atoms with E-state index < -0.39 is 5.97 Å². The van der Waals surface area contributed by atoms with E-state index >= 15 is 0 Å². The highest BCUT2D eigenvalue weighted by molar-refractivity contribution is 7.16. The number of esters is 1. The summed E-state index contributed by atoms with van der Waals surface area (Å²) in [6, 6.07) is 5.03. The van der Waals surface area contributed by atoms with E-state index in [-0.39, 0.29) is 11.8 Å². The second-order valence-electron chi connectivity index (χ2n) is 4.96. The van der Waals surface area contributed by atoms with Crippen LogP contribution in [0, 0.1) is 0 Å². The molecule has 2 heterocycles. The fraction of sp³-hybridized carbons (Fsp3) is 0.312. The van der Waals surface area contributed by atoms with E-state index in [0.29, 0.717) is 22.7 Å². The van der Waals surface area contributed by atoms with E-state index in [0.717, 1.165) is 4.88 Å².